The van der Waals surface area contributed by atoms with Crippen LogP contribution in [-0.4, -0.2) is 53.0 Å². The van der Waals surface area contributed by atoms with E-state index in [-0.39, 0.29) is 4.88 Å². The van der Waals surface area contributed by atoms with E-state index in [9.17, 15) is 9.90 Å². The number of thiophene rings is 1. The van der Waals surface area contributed by atoms with Crippen LogP contribution in [-0.2, 0) is 0 Å². The number of aliphatic imine (C=N–C) groups is 1. The molecule has 6 rings (SSSR count). The average Bonchev–Trinajstić information content (AvgIpc) is 3.64. The molecule has 0 aliphatic carbocycles. The fourth-order valence-electron chi connectivity index (χ4n) is 4.99. The van der Waals surface area contributed by atoms with E-state index in [1.807, 2.05) is 49.4 Å². The van der Waals surface area contributed by atoms with Gasteiger partial charge in [0.2, 0.25) is 0 Å². The summed E-state index contributed by atoms with van der Waals surface area (Å²) >= 11 is 4.65. The number of benzene rings is 1. The summed E-state index contributed by atoms with van der Waals surface area (Å²) in [6.07, 6.45) is 9.30. The molecular weight excluding hydrogens is 576 g/mol. The van der Waals surface area contributed by atoms with Gasteiger partial charge in [-0.15, -0.1) is 11.3 Å². The number of likely N-dealkylation sites (tertiary alicyclic amines) is 1. The Morgan fingerprint density at radius 2 is 1.79 bits per heavy atom. The van der Waals surface area contributed by atoms with E-state index >= 15 is 0 Å². The monoisotopic (exact) mass is 608 g/mol. The molecule has 0 atom stereocenters. The Labute approximate surface area is 241 Å². The topological polar surface area (TPSA) is 91.0 Å². The maximum Gasteiger partial charge on any atom is 0.348 e. The number of nitrogens with one attached hydrogen (secondary N) is 1. The zero-order valence-corrected chi connectivity index (χ0v) is 24.5. The second kappa shape index (κ2) is 12.9. The standard InChI is InChI=1S/C25H22BrN3O3S.C5H11N/c1-15(29-11-3-2-4-12-29)27-22-21-18(16-7-9-17(26)10-8-16)14-19(20-6-5-13-32-20)28-24(21)33-23(22)25(30)31;1-2-4-6-5-3-1/h5-10,13-14H,2-4,11-12H2,1H3,(H,30,31);6H,1-5H2. The summed E-state index contributed by atoms with van der Waals surface area (Å²) in [4.78, 5) is 25.0. The highest BCUT2D eigenvalue weighted by Crippen LogP contribution is 2.44. The third-order valence-corrected chi connectivity index (χ3v) is 8.64. The molecule has 204 valence electrons. The number of hydrogen-bond acceptors (Lipinski definition) is 6. The van der Waals surface area contributed by atoms with E-state index in [0.29, 0.717) is 22.0 Å². The Balaban J connectivity index is 0.000000455. The lowest BCUT2D eigenvalue weighted by Crippen LogP contribution is -2.33. The van der Waals surface area contributed by atoms with Crippen LogP contribution in [0.5, 0.6) is 0 Å². The van der Waals surface area contributed by atoms with Crippen molar-refractivity contribution in [3.63, 3.8) is 0 Å². The van der Waals surface area contributed by atoms with E-state index in [2.05, 4.69) is 26.1 Å². The second-order valence-corrected chi connectivity index (χ2v) is 11.7. The van der Waals surface area contributed by atoms with Crippen LogP contribution in [0.4, 0.5) is 5.69 Å². The predicted octanol–water partition coefficient (Wildman–Crippen LogP) is 7.98. The fourth-order valence-corrected chi connectivity index (χ4v) is 6.24. The molecule has 0 radical (unpaired) electrons. The van der Waals surface area contributed by atoms with Crippen molar-refractivity contribution >= 4 is 55.0 Å². The van der Waals surface area contributed by atoms with Crippen molar-refractivity contribution in [1.82, 2.24) is 15.2 Å². The number of halogens is 1. The second-order valence-electron chi connectivity index (χ2n) is 9.82. The number of rotatable bonds is 4. The fraction of sp³-hybridized carbons (Fsp3) is 0.367. The first-order valence-corrected chi connectivity index (χ1v) is 15.1. The number of furan rings is 1. The normalized spacial score (nSPS) is 16.2. The van der Waals surface area contributed by atoms with Crippen LogP contribution < -0.4 is 5.32 Å². The van der Waals surface area contributed by atoms with Crippen molar-refractivity contribution in [1.29, 1.82) is 0 Å². The smallest absolute Gasteiger partial charge is 0.348 e. The molecule has 39 heavy (non-hydrogen) atoms. The third kappa shape index (κ3) is 6.59. The van der Waals surface area contributed by atoms with E-state index in [4.69, 9.17) is 14.4 Å². The van der Waals surface area contributed by atoms with Crippen LogP contribution in [0, 0.1) is 0 Å². The van der Waals surface area contributed by atoms with Gasteiger partial charge >= 0.3 is 5.97 Å². The molecule has 9 heteroatoms. The van der Waals surface area contributed by atoms with Crippen molar-refractivity contribution < 1.29 is 14.3 Å². The first-order valence-electron chi connectivity index (χ1n) is 13.5. The number of carboxylic acids is 1. The molecule has 5 heterocycles. The minimum Gasteiger partial charge on any atom is -0.477 e. The number of carbonyl (C=O) groups is 1. The molecule has 2 saturated heterocycles. The van der Waals surface area contributed by atoms with Gasteiger partial charge in [-0.25, -0.2) is 14.8 Å². The number of amidine groups is 1. The van der Waals surface area contributed by atoms with E-state index in [1.54, 1.807) is 6.26 Å². The Bertz CT molecular complexity index is 1430. The third-order valence-electron chi connectivity index (χ3n) is 7.05. The van der Waals surface area contributed by atoms with E-state index in [0.717, 1.165) is 64.1 Å². The number of aromatic carboxylic acids is 1. The Kier molecular flexibility index (Phi) is 9.11. The van der Waals surface area contributed by atoms with Gasteiger partial charge in [-0.2, -0.15) is 0 Å². The summed E-state index contributed by atoms with van der Waals surface area (Å²) in [6.45, 7) is 6.35. The number of aromatic nitrogens is 1. The van der Waals surface area contributed by atoms with Gasteiger partial charge in [0.05, 0.1) is 6.26 Å². The quantitative estimate of drug-likeness (QED) is 0.180. The zero-order valence-electron chi connectivity index (χ0n) is 22.1. The summed E-state index contributed by atoms with van der Waals surface area (Å²) < 4.78 is 6.56. The Hall–Kier alpha value is -3.01. The van der Waals surface area contributed by atoms with Gasteiger partial charge in [-0.3, -0.25) is 0 Å². The summed E-state index contributed by atoms with van der Waals surface area (Å²) in [6, 6.07) is 13.6. The Morgan fingerprint density at radius 3 is 2.38 bits per heavy atom. The van der Waals surface area contributed by atoms with E-state index < -0.39 is 5.97 Å². The van der Waals surface area contributed by atoms with E-state index in [1.165, 1.54) is 38.8 Å². The SMILES string of the molecule is C1CCNCC1.CC(=Nc1c(C(=O)O)sc2nc(-c3ccco3)cc(-c3ccc(Br)cc3)c12)N1CCCCC1. The number of nitrogens with zero attached hydrogens (tertiary/aromatic N) is 3. The lowest BCUT2D eigenvalue weighted by atomic mass is 10.0. The summed E-state index contributed by atoms with van der Waals surface area (Å²) in [7, 11) is 0. The molecule has 2 aliphatic heterocycles. The van der Waals surface area contributed by atoms with Gasteiger partial charge in [0.1, 0.15) is 26.9 Å². The van der Waals surface area contributed by atoms with Crippen LogP contribution in [0.25, 0.3) is 32.8 Å². The molecule has 0 amide bonds. The molecule has 2 aliphatic rings. The largest absolute Gasteiger partial charge is 0.477 e. The van der Waals surface area contributed by atoms with Crippen molar-refractivity contribution in [3.05, 3.63) is 58.1 Å². The number of piperidine rings is 2. The molecule has 3 aromatic heterocycles. The number of carboxylic acid groups (broad SMARTS) is 1. The van der Waals surface area contributed by atoms with Crippen LogP contribution in [0.1, 0.15) is 55.1 Å². The summed E-state index contributed by atoms with van der Waals surface area (Å²) in [5.41, 5.74) is 2.97. The average molecular weight is 610 g/mol. The Morgan fingerprint density at radius 1 is 1.08 bits per heavy atom. The summed E-state index contributed by atoms with van der Waals surface area (Å²) in [5, 5.41) is 14.1. The van der Waals surface area contributed by atoms with Gasteiger partial charge in [0.15, 0.2) is 5.76 Å². The van der Waals surface area contributed by atoms with Gasteiger partial charge in [0, 0.05) is 22.9 Å². The van der Waals surface area contributed by atoms with Crippen molar-refractivity contribution in [2.24, 2.45) is 4.99 Å². The number of pyridine rings is 1. The molecule has 4 aromatic rings. The van der Waals surface area contributed by atoms with Gasteiger partial charge < -0.3 is 19.7 Å². The highest BCUT2D eigenvalue weighted by molar-refractivity contribution is 9.10. The molecule has 7 nitrogen and oxygen atoms in total. The minimum atomic E-state index is -0.996. The maximum atomic E-state index is 12.2. The molecule has 2 N–H and O–H groups in total. The molecular formula is C30H33BrN4O3S. The zero-order chi connectivity index (χ0) is 27.2. The molecule has 0 saturated carbocycles. The minimum absolute atomic E-state index is 0.198. The molecule has 2 fully saturated rings. The molecule has 0 spiro atoms. The van der Waals surface area contributed by atoms with Crippen molar-refractivity contribution in [2.45, 2.75) is 45.4 Å². The highest BCUT2D eigenvalue weighted by Gasteiger charge is 2.24. The van der Waals surface area contributed by atoms with Gasteiger partial charge in [0.25, 0.3) is 0 Å². The first kappa shape index (κ1) is 27.6. The van der Waals surface area contributed by atoms with Crippen LogP contribution >= 0.6 is 27.3 Å². The first-order chi connectivity index (χ1) is 19.0. The molecule has 1 aromatic carbocycles. The maximum absolute atomic E-state index is 12.2. The lowest BCUT2D eigenvalue weighted by Gasteiger charge is -2.28. The van der Waals surface area contributed by atoms with Crippen LogP contribution in [0.2, 0.25) is 0 Å². The van der Waals surface area contributed by atoms with Crippen molar-refractivity contribution in [2.75, 3.05) is 26.2 Å². The predicted molar refractivity (Wildman–Crippen MR) is 162 cm³/mol. The molecule has 0 unspecified atom stereocenters. The number of fused-ring (bicyclic) bond motifs is 1. The van der Waals surface area contributed by atoms with Gasteiger partial charge in [-0.1, -0.05) is 34.5 Å². The lowest BCUT2D eigenvalue weighted by molar-refractivity contribution is 0.0703. The van der Waals surface area contributed by atoms with Crippen LogP contribution in [0.3, 0.4) is 0 Å². The van der Waals surface area contributed by atoms with Gasteiger partial charge in [-0.05, 0) is 93.6 Å². The molecule has 0 bridgehead atoms. The highest BCUT2D eigenvalue weighted by atomic mass is 79.9. The number of hydrogen-bond donors (Lipinski definition) is 2. The van der Waals surface area contributed by atoms with Crippen molar-refractivity contribution in [3.8, 4) is 22.6 Å². The summed E-state index contributed by atoms with van der Waals surface area (Å²) in [5.74, 6) is 0.480. The van der Waals surface area contributed by atoms with Crippen LogP contribution in [0.15, 0.2) is 62.6 Å².